The van der Waals surface area contributed by atoms with E-state index in [1.807, 2.05) is 46.7 Å². The number of carbonyl (C=O) groups excluding carboxylic acids is 1. The van der Waals surface area contributed by atoms with Gasteiger partial charge < -0.3 is 10.2 Å². The highest BCUT2D eigenvalue weighted by atomic mass is 35.5. The van der Waals surface area contributed by atoms with Crippen molar-refractivity contribution in [1.29, 1.82) is 0 Å². The van der Waals surface area contributed by atoms with Gasteiger partial charge in [-0.05, 0) is 23.1 Å². The van der Waals surface area contributed by atoms with E-state index in [0.29, 0.717) is 6.42 Å². The fourth-order valence-corrected chi connectivity index (χ4v) is 3.65. The van der Waals surface area contributed by atoms with E-state index in [1.54, 1.807) is 11.3 Å². The molecule has 1 fully saturated rings. The third-order valence-corrected chi connectivity index (χ3v) is 4.95. The number of amides is 1. The zero-order valence-corrected chi connectivity index (χ0v) is 13.2. The van der Waals surface area contributed by atoms with Crippen LogP contribution < -0.4 is 5.32 Å². The molecular weight excluding hydrogens is 304 g/mol. The summed E-state index contributed by atoms with van der Waals surface area (Å²) in [6, 6.07) is 11.8. The molecule has 0 radical (unpaired) electrons. The molecule has 1 aromatic heterocycles. The first-order chi connectivity index (χ1) is 10.3. The number of halogens is 1. The first kappa shape index (κ1) is 14.6. The Morgan fingerprint density at radius 2 is 2.19 bits per heavy atom. The lowest BCUT2D eigenvalue weighted by Crippen LogP contribution is -2.49. The Morgan fingerprint density at radius 3 is 2.95 bits per heavy atom. The van der Waals surface area contributed by atoms with Gasteiger partial charge in [0, 0.05) is 29.5 Å². The molecule has 0 saturated carbocycles. The number of nitrogens with one attached hydrogen (secondary N) is 1. The fourth-order valence-electron chi connectivity index (χ4n) is 2.69. The van der Waals surface area contributed by atoms with E-state index in [9.17, 15) is 4.79 Å². The average molecular weight is 321 g/mol. The lowest BCUT2D eigenvalue weighted by atomic mass is 10.0. The van der Waals surface area contributed by atoms with Gasteiger partial charge in [0.1, 0.15) is 0 Å². The summed E-state index contributed by atoms with van der Waals surface area (Å²) in [6.45, 7) is 2.30. The van der Waals surface area contributed by atoms with Crippen LogP contribution in [0.3, 0.4) is 0 Å². The maximum Gasteiger partial charge on any atom is 0.228 e. The predicted octanol–water partition coefficient (Wildman–Crippen LogP) is 3.12. The molecule has 2 aromatic rings. The van der Waals surface area contributed by atoms with Crippen LogP contribution in [0.1, 0.15) is 16.5 Å². The van der Waals surface area contributed by atoms with Crippen molar-refractivity contribution >= 4 is 28.8 Å². The monoisotopic (exact) mass is 320 g/mol. The summed E-state index contributed by atoms with van der Waals surface area (Å²) in [6.07, 6.45) is 0.471. The van der Waals surface area contributed by atoms with E-state index in [-0.39, 0.29) is 11.9 Å². The Kier molecular flexibility index (Phi) is 4.58. The van der Waals surface area contributed by atoms with Crippen LogP contribution in [0, 0.1) is 0 Å². The molecule has 1 aromatic carbocycles. The Morgan fingerprint density at radius 1 is 1.33 bits per heavy atom. The van der Waals surface area contributed by atoms with Crippen molar-refractivity contribution in [3.05, 3.63) is 57.2 Å². The molecule has 1 aliphatic heterocycles. The van der Waals surface area contributed by atoms with Gasteiger partial charge in [0.25, 0.3) is 0 Å². The maximum absolute atomic E-state index is 12.6. The molecule has 1 N–H and O–H groups in total. The molecule has 3 nitrogen and oxygen atoms in total. The van der Waals surface area contributed by atoms with Crippen molar-refractivity contribution in [3.63, 3.8) is 0 Å². The summed E-state index contributed by atoms with van der Waals surface area (Å²) >= 11 is 7.93. The molecule has 1 saturated heterocycles. The zero-order valence-electron chi connectivity index (χ0n) is 11.6. The normalized spacial score (nSPS) is 18.7. The zero-order chi connectivity index (χ0) is 14.7. The number of hydrogen-bond acceptors (Lipinski definition) is 3. The minimum absolute atomic E-state index is 0.0138. The third kappa shape index (κ3) is 3.28. The van der Waals surface area contributed by atoms with E-state index in [4.69, 9.17) is 11.6 Å². The summed E-state index contributed by atoms with van der Waals surface area (Å²) < 4.78 is 0. The van der Waals surface area contributed by atoms with Crippen molar-refractivity contribution in [3.8, 4) is 0 Å². The molecule has 3 rings (SSSR count). The fraction of sp³-hybridized carbons (Fsp3) is 0.312. The molecule has 5 heteroatoms. The number of carbonyl (C=O) groups is 1. The van der Waals surface area contributed by atoms with E-state index in [0.717, 1.165) is 35.1 Å². The molecule has 1 aliphatic rings. The lowest BCUT2D eigenvalue weighted by molar-refractivity contribution is -0.133. The van der Waals surface area contributed by atoms with E-state index >= 15 is 0 Å². The van der Waals surface area contributed by atoms with Gasteiger partial charge in [-0.2, -0.15) is 0 Å². The molecule has 21 heavy (non-hydrogen) atoms. The molecule has 0 spiro atoms. The first-order valence-electron chi connectivity index (χ1n) is 7.02. The van der Waals surface area contributed by atoms with Crippen molar-refractivity contribution in [1.82, 2.24) is 10.2 Å². The lowest BCUT2D eigenvalue weighted by Gasteiger charge is -2.37. The van der Waals surface area contributed by atoms with E-state index < -0.39 is 0 Å². The molecular formula is C16H17ClN2OS. The second-order valence-corrected chi connectivity index (χ2v) is 6.52. The van der Waals surface area contributed by atoms with Crippen LogP contribution in [-0.2, 0) is 11.2 Å². The van der Waals surface area contributed by atoms with E-state index in [1.165, 1.54) is 0 Å². The molecule has 1 atom stereocenters. The topological polar surface area (TPSA) is 32.3 Å². The third-order valence-electron chi connectivity index (χ3n) is 3.73. The van der Waals surface area contributed by atoms with Crippen molar-refractivity contribution < 1.29 is 4.79 Å². The van der Waals surface area contributed by atoms with Gasteiger partial charge >= 0.3 is 0 Å². The van der Waals surface area contributed by atoms with Gasteiger partial charge in [0.15, 0.2) is 0 Å². The standard InChI is InChI=1S/C16H17ClN2OS/c17-14-6-2-1-5-13(14)15-11-18-7-8-19(15)16(20)10-12-4-3-9-21-12/h1-6,9,15,18H,7-8,10-11H2. The van der Waals surface area contributed by atoms with Crippen LogP contribution >= 0.6 is 22.9 Å². The summed E-state index contributed by atoms with van der Waals surface area (Å²) in [4.78, 5) is 15.7. The van der Waals surface area contributed by atoms with Gasteiger partial charge in [-0.3, -0.25) is 4.79 Å². The van der Waals surface area contributed by atoms with Crippen LogP contribution in [0.5, 0.6) is 0 Å². The SMILES string of the molecule is O=C(Cc1cccs1)N1CCNCC1c1ccccc1Cl. The van der Waals surface area contributed by atoms with Gasteiger partial charge in [-0.1, -0.05) is 35.9 Å². The highest BCUT2D eigenvalue weighted by molar-refractivity contribution is 7.10. The quantitative estimate of drug-likeness (QED) is 0.942. The van der Waals surface area contributed by atoms with Gasteiger partial charge in [-0.25, -0.2) is 0 Å². The molecule has 1 unspecified atom stereocenters. The summed E-state index contributed by atoms with van der Waals surface area (Å²) in [5.41, 5.74) is 1.02. The van der Waals surface area contributed by atoms with Gasteiger partial charge in [-0.15, -0.1) is 11.3 Å². The predicted molar refractivity (Wildman–Crippen MR) is 86.8 cm³/mol. The van der Waals surface area contributed by atoms with Gasteiger partial charge in [0.2, 0.25) is 5.91 Å². The number of nitrogens with zero attached hydrogens (tertiary/aromatic N) is 1. The number of hydrogen-bond donors (Lipinski definition) is 1. The number of rotatable bonds is 3. The highest BCUT2D eigenvalue weighted by Gasteiger charge is 2.29. The highest BCUT2D eigenvalue weighted by Crippen LogP contribution is 2.29. The van der Waals surface area contributed by atoms with Crippen LogP contribution in [-0.4, -0.2) is 30.4 Å². The molecule has 1 amide bonds. The maximum atomic E-state index is 12.6. The van der Waals surface area contributed by atoms with Crippen LogP contribution in [0.25, 0.3) is 0 Å². The first-order valence-corrected chi connectivity index (χ1v) is 8.28. The second kappa shape index (κ2) is 6.60. The molecule has 2 heterocycles. The van der Waals surface area contributed by atoms with Crippen LogP contribution in [0.2, 0.25) is 5.02 Å². The van der Waals surface area contributed by atoms with Crippen LogP contribution in [0.15, 0.2) is 41.8 Å². The Labute approximate surface area is 133 Å². The minimum Gasteiger partial charge on any atom is -0.333 e. The minimum atomic E-state index is 0.0138. The summed E-state index contributed by atoms with van der Waals surface area (Å²) in [5, 5.41) is 6.08. The number of piperazine rings is 1. The average Bonchev–Trinajstić information content (AvgIpc) is 3.01. The van der Waals surface area contributed by atoms with Crippen molar-refractivity contribution in [2.45, 2.75) is 12.5 Å². The molecule has 110 valence electrons. The van der Waals surface area contributed by atoms with Crippen LogP contribution in [0.4, 0.5) is 0 Å². The summed E-state index contributed by atoms with van der Waals surface area (Å²) in [7, 11) is 0. The second-order valence-electron chi connectivity index (χ2n) is 5.08. The molecule has 0 bridgehead atoms. The Hall–Kier alpha value is -1.36. The smallest absolute Gasteiger partial charge is 0.228 e. The number of thiophene rings is 1. The Bertz CT molecular complexity index is 614. The molecule has 0 aliphatic carbocycles. The van der Waals surface area contributed by atoms with Crippen molar-refractivity contribution in [2.24, 2.45) is 0 Å². The van der Waals surface area contributed by atoms with E-state index in [2.05, 4.69) is 5.32 Å². The number of benzene rings is 1. The Balaban J connectivity index is 1.81. The largest absolute Gasteiger partial charge is 0.333 e. The van der Waals surface area contributed by atoms with Crippen molar-refractivity contribution in [2.75, 3.05) is 19.6 Å². The van der Waals surface area contributed by atoms with Gasteiger partial charge in [0.05, 0.1) is 12.5 Å². The summed E-state index contributed by atoms with van der Waals surface area (Å²) in [5.74, 6) is 0.170.